The summed E-state index contributed by atoms with van der Waals surface area (Å²) in [5.74, 6) is 0. The van der Waals surface area contributed by atoms with Crippen LogP contribution in [-0.4, -0.2) is 19.3 Å². The first-order valence-corrected chi connectivity index (χ1v) is 6.04. The summed E-state index contributed by atoms with van der Waals surface area (Å²) < 4.78 is 5.63. The number of rotatable bonds is 3. The minimum absolute atomic E-state index is 0.309. The molecule has 1 aliphatic rings. The van der Waals surface area contributed by atoms with Gasteiger partial charge in [-0.3, -0.25) is 0 Å². The highest BCUT2D eigenvalue weighted by molar-refractivity contribution is 6.31. The first-order chi connectivity index (χ1) is 7.75. The largest absolute Gasteiger partial charge is 0.397 e. The number of anilines is 2. The number of hydrogen-bond donors (Lipinski definition) is 2. The van der Waals surface area contributed by atoms with Crippen molar-refractivity contribution in [3.8, 4) is 0 Å². The third-order valence-corrected chi connectivity index (χ3v) is 3.04. The van der Waals surface area contributed by atoms with Gasteiger partial charge in [-0.1, -0.05) is 11.6 Å². The molecular weight excluding hydrogens is 224 g/mol. The lowest BCUT2D eigenvalue weighted by molar-refractivity contribution is 0.0248. The molecular formula is C12H17ClN2O. The van der Waals surface area contributed by atoms with Gasteiger partial charge in [0.15, 0.2) is 0 Å². The molecule has 1 heterocycles. The Bertz CT molecular complexity index is 351. The molecule has 1 aliphatic heterocycles. The summed E-state index contributed by atoms with van der Waals surface area (Å²) in [5, 5.41) is 3.97. The SMILES string of the molecule is Nc1cc(Cl)ccc1NCC1CCCCO1. The summed E-state index contributed by atoms with van der Waals surface area (Å²) in [6.07, 6.45) is 3.87. The molecule has 0 spiro atoms. The molecule has 1 aromatic rings. The lowest BCUT2D eigenvalue weighted by Gasteiger charge is -2.23. The summed E-state index contributed by atoms with van der Waals surface area (Å²) >= 11 is 5.83. The van der Waals surface area contributed by atoms with Crippen molar-refractivity contribution in [1.82, 2.24) is 0 Å². The normalized spacial score (nSPS) is 20.7. The maximum absolute atomic E-state index is 5.85. The summed E-state index contributed by atoms with van der Waals surface area (Å²) in [4.78, 5) is 0. The highest BCUT2D eigenvalue weighted by Crippen LogP contribution is 2.23. The monoisotopic (exact) mass is 240 g/mol. The molecule has 0 radical (unpaired) electrons. The molecule has 1 saturated heterocycles. The molecule has 1 fully saturated rings. The van der Waals surface area contributed by atoms with Crippen molar-refractivity contribution in [3.63, 3.8) is 0 Å². The van der Waals surface area contributed by atoms with Gasteiger partial charge in [-0.15, -0.1) is 0 Å². The maximum atomic E-state index is 5.85. The molecule has 3 nitrogen and oxygen atoms in total. The lowest BCUT2D eigenvalue weighted by Crippen LogP contribution is -2.27. The van der Waals surface area contributed by atoms with Crippen molar-refractivity contribution in [2.75, 3.05) is 24.2 Å². The van der Waals surface area contributed by atoms with Gasteiger partial charge in [0.05, 0.1) is 17.5 Å². The summed E-state index contributed by atoms with van der Waals surface area (Å²) in [7, 11) is 0. The second-order valence-corrected chi connectivity index (χ2v) is 4.54. The molecule has 88 valence electrons. The van der Waals surface area contributed by atoms with Crippen LogP contribution in [0, 0.1) is 0 Å². The Hall–Kier alpha value is -0.930. The van der Waals surface area contributed by atoms with Crippen LogP contribution in [-0.2, 0) is 4.74 Å². The first kappa shape index (κ1) is 11.6. The Balaban J connectivity index is 1.88. The van der Waals surface area contributed by atoms with E-state index in [0.29, 0.717) is 16.8 Å². The van der Waals surface area contributed by atoms with E-state index >= 15 is 0 Å². The van der Waals surface area contributed by atoms with Crippen LogP contribution in [0.15, 0.2) is 18.2 Å². The molecule has 16 heavy (non-hydrogen) atoms. The number of ether oxygens (including phenoxy) is 1. The third kappa shape index (κ3) is 3.03. The van der Waals surface area contributed by atoms with Crippen LogP contribution in [0.5, 0.6) is 0 Å². The van der Waals surface area contributed by atoms with E-state index in [-0.39, 0.29) is 0 Å². The molecule has 2 rings (SSSR count). The van der Waals surface area contributed by atoms with Crippen molar-refractivity contribution in [2.45, 2.75) is 25.4 Å². The van der Waals surface area contributed by atoms with Gasteiger partial charge in [-0.25, -0.2) is 0 Å². The molecule has 1 atom stereocenters. The predicted molar refractivity (Wildman–Crippen MR) is 67.9 cm³/mol. The average molecular weight is 241 g/mol. The van der Waals surface area contributed by atoms with Gasteiger partial charge >= 0.3 is 0 Å². The van der Waals surface area contributed by atoms with E-state index in [1.807, 2.05) is 12.1 Å². The number of nitrogen functional groups attached to an aromatic ring is 1. The highest BCUT2D eigenvalue weighted by atomic mass is 35.5. The van der Waals surface area contributed by atoms with E-state index in [0.717, 1.165) is 25.3 Å². The molecule has 1 unspecified atom stereocenters. The molecule has 3 N–H and O–H groups in total. The van der Waals surface area contributed by atoms with Gasteiger partial charge in [-0.2, -0.15) is 0 Å². The summed E-state index contributed by atoms with van der Waals surface area (Å²) in [6, 6.07) is 5.49. The van der Waals surface area contributed by atoms with Crippen LogP contribution in [0.1, 0.15) is 19.3 Å². The molecule has 4 heteroatoms. The Morgan fingerprint density at radius 2 is 2.31 bits per heavy atom. The van der Waals surface area contributed by atoms with Gasteiger partial charge in [-0.05, 0) is 37.5 Å². The third-order valence-electron chi connectivity index (χ3n) is 2.81. The van der Waals surface area contributed by atoms with Crippen molar-refractivity contribution < 1.29 is 4.74 Å². The minimum Gasteiger partial charge on any atom is -0.397 e. The quantitative estimate of drug-likeness (QED) is 0.799. The zero-order chi connectivity index (χ0) is 11.4. The minimum atomic E-state index is 0.309. The summed E-state index contributed by atoms with van der Waals surface area (Å²) in [5.41, 5.74) is 7.46. The Labute approximate surface area is 101 Å². The molecule has 0 bridgehead atoms. The molecule has 0 aromatic heterocycles. The van der Waals surface area contributed by atoms with Crippen molar-refractivity contribution in [1.29, 1.82) is 0 Å². The maximum Gasteiger partial charge on any atom is 0.0747 e. The topological polar surface area (TPSA) is 47.3 Å². The van der Waals surface area contributed by atoms with Gasteiger partial charge in [0, 0.05) is 18.2 Å². The smallest absolute Gasteiger partial charge is 0.0747 e. The fourth-order valence-electron chi connectivity index (χ4n) is 1.89. The second kappa shape index (κ2) is 5.41. The fourth-order valence-corrected chi connectivity index (χ4v) is 2.07. The van der Waals surface area contributed by atoms with Crippen LogP contribution >= 0.6 is 11.6 Å². The lowest BCUT2D eigenvalue weighted by atomic mass is 10.1. The van der Waals surface area contributed by atoms with Gasteiger partial charge in [0.1, 0.15) is 0 Å². The van der Waals surface area contributed by atoms with E-state index < -0.39 is 0 Å². The standard InChI is InChI=1S/C12H17ClN2O/c13-9-4-5-12(11(14)7-9)15-8-10-3-1-2-6-16-10/h4-5,7,10,15H,1-3,6,8,14H2. The molecule has 0 saturated carbocycles. The van der Waals surface area contributed by atoms with E-state index in [2.05, 4.69) is 5.32 Å². The van der Waals surface area contributed by atoms with E-state index in [1.165, 1.54) is 12.8 Å². The van der Waals surface area contributed by atoms with Crippen LogP contribution in [0.3, 0.4) is 0 Å². The van der Waals surface area contributed by atoms with Crippen LogP contribution in [0.25, 0.3) is 0 Å². The number of hydrogen-bond acceptors (Lipinski definition) is 3. The first-order valence-electron chi connectivity index (χ1n) is 5.66. The van der Waals surface area contributed by atoms with E-state index in [1.54, 1.807) is 6.07 Å². The average Bonchev–Trinajstić information content (AvgIpc) is 2.29. The fraction of sp³-hybridized carbons (Fsp3) is 0.500. The Kier molecular flexibility index (Phi) is 3.91. The zero-order valence-electron chi connectivity index (χ0n) is 9.21. The molecule has 0 amide bonds. The summed E-state index contributed by atoms with van der Waals surface area (Å²) in [6.45, 7) is 1.69. The second-order valence-electron chi connectivity index (χ2n) is 4.10. The molecule has 1 aromatic carbocycles. The van der Waals surface area contributed by atoms with Crippen LogP contribution < -0.4 is 11.1 Å². The molecule has 0 aliphatic carbocycles. The Morgan fingerprint density at radius 1 is 1.44 bits per heavy atom. The van der Waals surface area contributed by atoms with E-state index in [4.69, 9.17) is 22.1 Å². The number of benzene rings is 1. The number of nitrogens with two attached hydrogens (primary N) is 1. The number of halogens is 1. The van der Waals surface area contributed by atoms with Crippen molar-refractivity contribution in [3.05, 3.63) is 23.2 Å². The van der Waals surface area contributed by atoms with E-state index in [9.17, 15) is 0 Å². The van der Waals surface area contributed by atoms with Gasteiger partial charge < -0.3 is 15.8 Å². The van der Waals surface area contributed by atoms with Crippen molar-refractivity contribution >= 4 is 23.0 Å². The van der Waals surface area contributed by atoms with Crippen molar-refractivity contribution in [2.24, 2.45) is 0 Å². The van der Waals surface area contributed by atoms with Crippen LogP contribution in [0.4, 0.5) is 11.4 Å². The highest BCUT2D eigenvalue weighted by Gasteiger charge is 2.13. The number of nitrogens with one attached hydrogen (secondary N) is 1. The van der Waals surface area contributed by atoms with Gasteiger partial charge in [0.25, 0.3) is 0 Å². The van der Waals surface area contributed by atoms with Crippen LogP contribution in [0.2, 0.25) is 5.02 Å². The van der Waals surface area contributed by atoms with Gasteiger partial charge in [0.2, 0.25) is 0 Å². The Morgan fingerprint density at radius 3 is 3.00 bits per heavy atom. The zero-order valence-corrected chi connectivity index (χ0v) is 9.96. The predicted octanol–water partition coefficient (Wildman–Crippen LogP) is 2.90.